The molecule has 0 fully saturated rings. The molecule has 0 radical (unpaired) electrons. The normalized spacial score (nSPS) is 10.9. The highest BCUT2D eigenvalue weighted by molar-refractivity contribution is 6.38. The van der Waals surface area contributed by atoms with Crippen LogP contribution in [0.1, 0.15) is 10.5 Å². The number of carbonyl (C=O) groups is 1. The predicted molar refractivity (Wildman–Crippen MR) is 65.8 cm³/mol. The van der Waals surface area contributed by atoms with Crippen LogP contribution >= 0.6 is 11.6 Å². The maximum atomic E-state index is 10.7. The van der Waals surface area contributed by atoms with Crippen molar-refractivity contribution in [2.24, 2.45) is 0 Å². The SMILES string of the molecule is O=C(O)c1cc(-c2ccc3[nH]ccc3c2Cl)on1. The zero-order valence-corrected chi connectivity index (χ0v) is 9.73. The molecule has 0 amide bonds. The van der Waals surface area contributed by atoms with E-state index in [4.69, 9.17) is 21.2 Å². The standard InChI is InChI=1S/C12H7ClN2O3/c13-11-6-3-4-14-8(6)2-1-7(11)10-5-9(12(16)17)15-18-10/h1-5,14H,(H,16,17). The molecule has 0 saturated carbocycles. The first-order chi connectivity index (χ1) is 8.66. The summed E-state index contributed by atoms with van der Waals surface area (Å²) in [4.78, 5) is 13.8. The number of rotatable bonds is 2. The lowest BCUT2D eigenvalue weighted by atomic mass is 10.1. The van der Waals surface area contributed by atoms with Crippen LogP contribution in [-0.4, -0.2) is 21.2 Å². The van der Waals surface area contributed by atoms with Crippen molar-refractivity contribution < 1.29 is 14.4 Å². The quantitative estimate of drug-likeness (QED) is 0.743. The van der Waals surface area contributed by atoms with E-state index in [1.807, 2.05) is 12.1 Å². The Labute approximate surface area is 106 Å². The topological polar surface area (TPSA) is 79.1 Å². The third-order valence-corrected chi connectivity index (χ3v) is 3.07. The predicted octanol–water partition coefficient (Wildman–Crippen LogP) is 3.17. The van der Waals surface area contributed by atoms with E-state index >= 15 is 0 Å². The highest BCUT2D eigenvalue weighted by atomic mass is 35.5. The molecule has 0 aliphatic carbocycles. The number of carboxylic acids is 1. The van der Waals surface area contributed by atoms with Crippen molar-refractivity contribution in [3.05, 3.63) is 41.2 Å². The molecule has 0 aliphatic heterocycles. The molecule has 2 aromatic heterocycles. The van der Waals surface area contributed by atoms with Crippen LogP contribution in [0, 0.1) is 0 Å². The lowest BCUT2D eigenvalue weighted by Crippen LogP contribution is -1.94. The number of nitrogens with one attached hydrogen (secondary N) is 1. The molecule has 3 rings (SSSR count). The van der Waals surface area contributed by atoms with Crippen LogP contribution in [0.4, 0.5) is 0 Å². The third-order valence-electron chi connectivity index (χ3n) is 2.66. The zero-order valence-electron chi connectivity index (χ0n) is 8.98. The monoisotopic (exact) mass is 262 g/mol. The van der Waals surface area contributed by atoms with E-state index in [9.17, 15) is 4.79 Å². The summed E-state index contributed by atoms with van der Waals surface area (Å²) in [5.41, 5.74) is 1.38. The highest BCUT2D eigenvalue weighted by Crippen LogP contribution is 2.34. The summed E-state index contributed by atoms with van der Waals surface area (Å²) in [5.74, 6) is -0.802. The smallest absolute Gasteiger partial charge is 0.358 e. The van der Waals surface area contributed by atoms with Gasteiger partial charge in [0.2, 0.25) is 0 Å². The van der Waals surface area contributed by atoms with Crippen LogP contribution in [0.2, 0.25) is 5.02 Å². The van der Waals surface area contributed by atoms with Crippen LogP contribution in [0.25, 0.3) is 22.2 Å². The Balaban J connectivity index is 2.18. The Bertz CT molecular complexity index is 745. The molecule has 90 valence electrons. The molecule has 5 nitrogen and oxygen atoms in total. The molecule has 0 aliphatic rings. The lowest BCUT2D eigenvalue weighted by molar-refractivity contribution is 0.0686. The molecule has 1 aromatic carbocycles. The Morgan fingerprint density at radius 1 is 1.39 bits per heavy atom. The van der Waals surface area contributed by atoms with Gasteiger partial charge in [-0.15, -0.1) is 0 Å². The van der Waals surface area contributed by atoms with Crippen molar-refractivity contribution in [2.75, 3.05) is 0 Å². The van der Waals surface area contributed by atoms with Gasteiger partial charge >= 0.3 is 5.97 Å². The summed E-state index contributed by atoms with van der Waals surface area (Å²) < 4.78 is 4.99. The van der Waals surface area contributed by atoms with E-state index in [0.717, 1.165) is 10.9 Å². The number of benzene rings is 1. The fraction of sp³-hybridized carbons (Fsp3) is 0. The first-order valence-corrected chi connectivity index (χ1v) is 5.50. The van der Waals surface area contributed by atoms with E-state index in [1.54, 1.807) is 12.3 Å². The Morgan fingerprint density at radius 2 is 2.22 bits per heavy atom. The van der Waals surface area contributed by atoms with E-state index in [0.29, 0.717) is 16.3 Å². The van der Waals surface area contributed by atoms with Gasteiger partial charge in [0, 0.05) is 28.7 Å². The van der Waals surface area contributed by atoms with Gasteiger partial charge < -0.3 is 14.6 Å². The summed E-state index contributed by atoms with van der Waals surface area (Å²) in [6, 6.07) is 6.80. The second-order valence-electron chi connectivity index (χ2n) is 3.75. The van der Waals surface area contributed by atoms with E-state index in [2.05, 4.69) is 10.1 Å². The number of carboxylic acid groups (broad SMARTS) is 1. The number of hydrogen-bond donors (Lipinski definition) is 2. The first kappa shape index (κ1) is 10.9. The van der Waals surface area contributed by atoms with E-state index < -0.39 is 5.97 Å². The zero-order chi connectivity index (χ0) is 12.7. The van der Waals surface area contributed by atoms with Crippen molar-refractivity contribution in [3.63, 3.8) is 0 Å². The number of aromatic carboxylic acids is 1. The lowest BCUT2D eigenvalue weighted by Gasteiger charge is -2.00. The van der Waals surface area contributed by atoms with Gasteiger partial charge in [-0.3, -0.25) is 0 Å². The summed E-state index contributed by atoms with van der Waals surface area (Å²) in [7, 11) is 0. The molecule has 0 bridgehead atoms. The number of hydrogen-bond acceptors (Lipinski definition) is 3. The maximum absolute atomic E-state index is 10.7. The summed E-state index contributed by atoms with van der Waals surface area (Å²) in [5, 5.41) is 13.6. The van der Waals surface area contributed by atoms with Gasteiger partial charge in [0.15, 0.2) is 11.5 Å². The van der Waals surface area contributed by atoms with Crippen LogP contribution in [0.3, 0.4) is 0 Å². The Morgan fingerprint density at radius 3 is 2.94 bits per heavy atom. The van der Waals surface area contributed by atoms with Gasteiger partial charge in [0.05, 0.1) is 5.02 Å². The molecule has 18 heavy (non-hydrogen) atoms. The van der Waals surface area contributed by atoms with Crippen molar-refractivity contribution in [2.45, 2.75) is 0 Å². The molecule has 3 aromatic rings. The molecule has 6 heteroatoms. The second kappa shape index (κ2) is 3.89. The average Bonchev–Trinajstić information content (AvgIpc) is 2.97. The number of nitrogens with zero attached hydrogens (tertiary/aromatic N) is 1. The van der Waals surface area contributed by atoms with Crippen LogP contribution in [0.15, 0.2) is 35.0 Å². The molecular formula is C12H7ClN2O3. The summed E-state index contributed by atoms with van der Waals surface area (Å²) in [6.45, 7) is 0. The van der Waals surface area contributed by atoms with Gasteiger partial charge in [-0.2, -0.15) is 0 Å². The van der Waals surface area contributed by atoms with Crippen molar-refractivity contribution in [3.8, 4) is 11.3 Å². The van der Waals surface area contributed by atoms with Crippen molar-refractivity contribution >= 4 is 28.5 Å². The minimum absolute atomic E-state index is 0.143. The average molecular weight is 263 g/mol. The number of halogens is 1. The molecule has 0 atom stereocenters. The fourth-order valence-electron chi connectivity index (χ4n) is 1.79. The summed E-state index contributed by atoms with van der Waals surface area (Å²) in [6.07, 6.45) is 1.78. The Hall–Kier alpha value is -2.27. The molecule has 0 saturated heterocycles. The van der Waals surface area contributed by atoms with Gasteiger partial charge in [-0.05, 0) is 18.2 Å². The van der Waals surface area contributed by atoms with Crippen LogP contribution in [0.5, 0.6) is 0 Å². The molecular weight excluding hydrogens is 256 g/mol. The third kappa shape index (κ3) is 1.56. The number of aromatic nitrogens is 2. The largest absolute Gasteiger partial charge is 0.476 e. The highest BCUT2D eigenvalue weighted by Gasteiger charge is 2.15. The van der Waals surface area contributed by atoms with Gasteiger partial charge in [0.25, 0.3) is 0 Å². The molecule has 2 N–H and O–H groups in total. The number of aromatic amines is 1. The van der Waals surface area contributed by atoms with Gasteiger partial charge in [-0.1, -0.05) is 16.8 Å². The molecule has 2 heterocycles. The molecule has 0 spiro atoms. The van der Waals surface area contributed by atoms with Gasteiger partial charge in [-0.25, -0.2) is 4.79 Å². The minimum Gasteiger partial charge on any atom is -0.476 e. The van der Waals surface area contributed by atoms with Crippen LogP contribution < -0.4 is 0 Å². The van der Waals surface area contributed by atoms with E-state index in [1.165, 1.54) is 6.07 Å². The van der Waals surface area contributed by atoms with E-state index in [-0.39, 0.29) is 5.69 Å². The Kier molecular flexibility index (Phi) is 2.34. The number of H-pyrrole nitrogens is 1. The minimum atomic E-state index is -1.14. The fourth-order valence-corrected chi connectivity index (χ4v) is 2.11. The van der Waals surface area contributed by atoms with Crippen molar-refractivity contribution in [1.82, 2.24) is 10.1 Å². The van der Waals surface area contributed by atoms with Crippen LogP contribution in [-0.2, 0) is 0 Å². The number of fused-ring (bicyclic) bond motifs is 1. The first-order valence-electron chi connectivity index (χ1n) is 5.13. The second-order valence-corrected chi connectivity index (χ2v) is 4.13. The van der Waals surface area contributed by atoms with Gasteiger partial charge in [0.1, 0.15) is 0 Å². The summed E-state index contributed by atoms with van der Waals surface area (Å²) >= 11 is 6.25. The van der Waals surface area contributed by atoms with Crippen molar-refractivity contribution in [1.29, 1.82) is 0 Å². The maximum Gasteiger partial charge on any atom is 0.358 e. The molecule has 0 unspecified atom stereocenters.